The molecular formula is C13H21FN2O2. The Morgan fingerprint density at radius 2 is 2.11 bits per heavy atom. The molecule has 1 aromatic rings. The maximum absolute atomic E-state index is 13.2. The summed E-state index contributed by atoms with van der Waals surface area (Å²) in [6.45, 7) is 3.46. The fourth-order valence-corrected chi connectivity index (χ4v) is 1.68. The van der Waals surface area contributed by atoms with Crippen LogP contribution in [-0.4, -0.2) is 26.9 Å². The summed E-state index contributed by atoms with van der Waals surface area (Å²) in [5, 5.41) is 0. The highest BCUT2D eigenvalue weighted by molar-refractivity contribution is 5.26. The molecule has 0 saturated heterocycles. The van der Waals surface area contributed by atoms with Gasteiger partial charge in [-0.3, -0.25) is 11.3 Å². The minimum Gasteiger partial charge on any atom is -0.382 e. The van der Waals surface area contributed by atoms with Crippen molar-refractivity contribution in [3.8, 4) is 0 Å². The van der Waals surface area contributed by atoms with E-state index in [2.05, 4.69) is 5.43 Å². The van der Waals surface area contributed by atoms with Crippen molar-refractivity contribution < 1.29 is 13.9 Å². The van der Waals surface area contributed by atoms with Gasteiger partial charge in [-0.15, -0.1) is 0 Å². The fourth-order valence-electron chi connectivity index (χ4n) is 1.68. The van der Waals surface area contributed by atoms with Crippen molar-refractivity contribution in [2.75, 3.05) is 26.9 Å². The van der Waals surface area contributed by atoms with Gasteiger partial charge in [0.1, 0.15) is 5.82 Å². The predicted octanol–water partition coefficient (Wildman–Crippen LogP) is 1.69. The maximum atomic E-state index is 13.2. The van der Waals surface area contributed by atoms with Gasteiger partial charge in [-0.2, -0.15) is 0 Å². The third-order valence-corrected chi connectivity index (χ3v) is 2.77. The zero-order chi connectivity index (χ0) is 13.4. The molecule has 4 nitrogen and oxygen atoms in total. The van der Waals surface area contributed by atoms with Crippen LogP contribution in [0.25, 0.3) is 0 Å². The highest BCUT2D eigenvalue weighted by Gasteiger charge is 2.10. The smallest absolute Gasteiger partial charge is 0.126 e. The molecule has 0 fully saturated rings. The molecule has 1 rings (SSSR count). The van der Waals surface area contributed by atoms with Crippen molar-refractivity contribution in [1.82, 2.24) is 5.43 Å². The minimum absolute atomic E-state index is 0.0353. The number of benzene rings is 1. The van der Waals surface area contributed by atoms with Crippen LogP contribution >= 0.6 is 0 Å². The summed E-state index contributed by atoms with van der Waals surface area (Å²) in [7, 11) is 1.63. The molecule has 0 aliphatic carbocycles. The minimum atomic E-state index is -0.203. The molecule has 3 N–H and O–H groups in total. The Balaban J connectivity index is 2.47. The summed E-state index contributed by atoms with van der Waals surface area (Å²) in [4.78, 5) is 0. The summed E-state index contributed by atoms with van der Waals surface area (Å²) < 4.78 is 23.4. The number of hydrogen-bond donors (Lipinski definition) is 2. The first-order valence-electron chi connectivity index (χ1n) is 5.98. The van der Waals surface area contributed by atoms with Crippen molar-refractivity contribution >= 4 is 0 Å². The van der Waals surface area contributed by atoms with Crippen molar-refractivity contribution in [2.45, 2.75) is 19.4 Å². The maximum Gasteiger partial charge on any atom is 0.126 e. The van der Waals surface area contributed by atoms with E-state index >= 15 is 0 Å². The third kappa shape index (κ3) is 4.70. The SMILES string of the molecule is COCCOCCC(NN)c1ccc(F)c(C)c1. The first kappa shape index (κ1) is 15.0. The second kappa shape index (κ2) is 8.16. The number of methoxy groups -OCH3 is 1. The molecule has 0 spiro atoms. The van der Waals surface area contributed by atoms with Gasteiger partial charge in [0.15, 0.2) is 0 Å². The van der Waals surface area contributed by atoms with Crippen LogP contribution in [-0.2, 0) is 9.47 Å². The molecule has 0 aliphatic rings. The molecule has 102 valence electrons. The van der Waals surface area contributed by atoms with E-state index in [1.54, 1.807) is 26.2 Å². The van der Waals surface area contributed by atoms with Crippen LogP contribution in [0.1, 0.15) is 23.6 Å². The number of rotatable bonds is 8. The second-order valence-electron chi connectivity index (χ2n) is 4.12. The van der Waals surface area contributed by atoms with Gasteiger partial charge in [-0.05, 0) is 30.5 Å². The topological polar surface area (TPSA) is 56.5 Å². The van der Waals surface area contributed by atoms with Gasteiger partial charge in [0.25, 0.3) is 0 Å². The molecule has 0 amide bonds. The molecular weight excluding hydrogens is 235 g/mol. The van der Waals surface area contributed by atoms with Crippen LogP contribution in [0.4, 0.5) is 4.39 Å². The number of nitrogens with one attached hydrogen (secondary N) is 1. The molecule has 0 bridgehead atoms. The van der Waals surface area contributed by atoms with Gasteiger partial charge in [0, 0.05) is 19.8 Å². The van der Waals surface area contributed by atoms with E-state index in [0.29, 0.717) is 25.4 Å². The Morgan fingerprint density at radius 3 is 2.72 bits per heavy atom. The highest BCUT2D eigenvalue weighted by Crippen LogP contribution is 2.18. The van der Waals surface area contributed by atoms with Crippen LogP contribution in [0, 0.1) is 12.7 Å². The lowest BCUT2D eigenvalue weighted by Crippen LogP contribution is -2.29. The van der Waals surface area contributed by atoms with Crippen LogP contribution in [0.5, 0.6) is 0 Å². The Bertz CT molecular complexity index is 361. The molecule has 5 heteroatoms. The molecule has 1 atom stereocenters. The Morgan fingerprint density at radius 1 is 1.33 bits per heavy atom. The Kier molecular flexibility index (Phi) is 6.82. The summed E-state index contributed by atoms with van der Waals surface area (Å²) in [6, 6.07) is 4.96. The average molecular weight is 256 g/mol. The summed E-state index contributed by atoms with van der Waals surface area (Å²) >= 11 is 0. The Hall–Kier alpha value is -1.01. The number of aryl methyl sites for hydroxylation is 1. The number of ether oxygens (including phenoxy) is 2. The summed E-state index contributed by atoms with van der Waals surface area (Å²) in [6.07, 6.45) is 0.727. The molecule has 18 heavy (non-hydrogen) atoms. The zero-order valence-electron chi connectivity index (χ0n) is 10.9. The summed E-state index contributed by atoms with van der Waals surface area (Å²) in [5.74, 6) is 5.31. The van der Waals surface area contributed by atoms with Gasteiger partial charge in [0.05, 0.1) is 13.2 Å². The lowest BCUT2D eigenvalue weighted by atomic mass is 10.0. The van der Waals surface area contributed by atoms with E-state index in [9.17, 15) is 4.39 Å². The first-order chi connectivity index (χ1) is 8.69. The molecule has 1 aromatic carbocycles. The number of nitrogens with two attached hydrogens (primary N) is 1. The molecule has 1 unspecified atom stereocenters. The molecule has 0 saturated carbocycles. The van der Waals surface area contributed by atoms with E-state index in [4.69, 9.17) is 15.3 Å². The van der Waals surface area contributed by atoms with Crippen LogP contribution < -0.4 is 11.3 Å². The molecule has 0 aliphatic heterocycles. The fraction of sp³-hybridized carbons (Fsp3) is 0.538. The third-order valence-electron chi connectivity index (χ3n) is 2.77. The van der Waals surface area contributed by atoms with Crippen molar-refractivity contribution in [1.29, 1.82) is 0 Å². The number of halogens is 1. The van der Waals surface area contributed by atoms with E-state index in [1.165, 1.54) is 6.07 Å². The average Bonchev–Trinajstić information content (AvgIpc) is 2.37. The number of hydrogen-bond acceptors (Lipinski definition) is 4. The van der Waals surface area contributed by atoms with Crippen molar-refractivity contribution in [3.63, 3.8) is 0 Å². The van der Waals surface area contributed by atoms with E-state index in [-0.39, 0.29) is 11.9 Å². The van der Waals surface area contributed by atoms with Crippen molar-refractivity contribution in [2.24, 2.45) is 5.84 Å². The zero-order valence-corrected chi connectivity index (χ0v) is 10.9. The largest absolute Gasteiger partial charge is 0.382 e. The van der Waals surface area contributed by atoms with E-state index in [1.807, 2.05) is 0 Å². The van der Waals surface area contributed by atoms with Crippen LogP contribution in [0.3, 0.4) is 0 Å². The predicted molar refractivity (Wildman–Crippen MR) is 68.5 cm³/mol. The number of hydrazine groups is 1. The summed E-state index contributed by atoms with van der Waals surface area (Å²) in [5.41, 5.74) is 4.31. The van der Waals surface area contributed by atoms with Gasteiger partial charge in [-0.25, -0.2) is 4.39 Å². The molecule has 0 heterocycles. The van der Waals surface area contributed by atoms with Gasteiger partial charge < -0.3 is 9.47 Å². The monoisotopic (exact) mass is 256 g/mol. The van der Waals surface area contributed by atoms with Gasteiger partial charge in [-0.1, -0.05) is 12.1 Å². The van der Waals surface area contributed by atoms with Crippen molar-refractivity contribution in [3.05, 3.63) is 35.1 Å². The lowest BCUT2D eigenvalue weighted by molar-refractivity contribution is 0.0657. The first-order valence-corrected chi connectivity index (χ1v) is 5.98. The van der Waals surface area contributed by atoms with Gasteiger partial charge >= 0.3 is 0 Å². The quantitative estimate of drug-likeness (QED) is 0.422. The highest BCUT2D eigenvalue weighted by atomic mass is 19.1. The standard InChI is InChI=1S/C13H21FN2O2/c1-10-9-11(3-4-12(10)14)13(16-15)5-6-18-8-7-17-2/h3-4,9,13,16H,5-8,15H2,1-2H3. The van der Waals surface area contributed by atoms with Crippen LogP contribution in [0.2, 0.25) is 0 Å². The second-order valence-corrected chi connectivity index (χ2v) is 4.12. The molecule has 0 radical (unpaired) electrons. The van der Waals surface area contributed by atoms with Gasteiger partial charge in [0.2, 0.25) is 0 Å². The van der Waals surface area contributed by atoms with Crippen LogP contribution in [0.15, 0.2) is 18.2 Å². The lowest BCUT2D eigenvalue weighted by Gasteiger charge is -2.17. The van der Waals surface area contributed by atoms with E-state index in [0.717, 1.165) is 12.0 Å². The Labute approximate surface area is 107 Å². The van der Waals surface area contributed by atoms with E-state index < -0.39 is 0 Å². The normalized spacial score (nSPS) is 12.7. The molecule has 0 aromatic heterocycles.